The highest BCUT2D eigenvalue weighted by molar-refractivity contribution is 5.74. The van der Waals surface area contributed by atoms with E-state index in [1.54, 1.807) is 10.9 Å². The van der Waals surface area contributed by atoms with Gasteiger partial charge in [-0.3, -0.25) is 25.7 Å². The van der Waals surface area contributed by atoms with E-state index < -0.39 is 15.5 Å². The summed E-state index contributed by atoms with van der Waals surface area (Å²) in [4.78, 5) is 20.4. The smallest absolute Gasteiger partial charge is 0.272 e. The summed E-state index contributed by atoms with van der Waals surface area (Å²) in [5.41, 5.74) is 3.54. The molecule has 1 unspecified atom stereocenters. The van der Waals surface area contributed by atoms with Gasteiger partial charge in [0.15, 0.2) is 0 Å². The van der Waals surface area contributed by atoms with Crippen LogP contribution in [0.3, 0.4) is 0 Å². The van der Waals surface area contributed by atoms with Gasteiger partial charge in [-0.1, -0.05) is 17.3 Å². The van der Waals surface area contributed by atoms with Crippen molar-refractivity contribution < 1.29 is 9.85 Å². The van der Waals surface area contributed by atoms with Crippen LogP contribution in [0.25, 0.3) is 11.0 Å². The van der Waals surface area contributed by atoms with Crippen LogP contribution in [0.4, 0.5) is 17.1 Å². The van der Waals surface area contributed by atoms with Crippen molar-refractivity contribution in [3.05, 3.63) is 62.7 Å². The van der Waals surface area contributed by atoms with Crippen molar-refractivity contribution in [2.75, 3.05) is 5.43 Å². The van der Waals surface area contributed by atoms with Crippen molar-refractivity contribution in [1.29, 1.82) is 0 Å². The lowest BCUT2D eigenvalue weighted by molar-refractivity contribution is -0.393. The Hall–Kier alpha value is -3.89. The minimum absolute atomic E-state index is 0.0326. The molecule has 3 aromatic rings. The van der Waals surface area contributed by atoms with E-state index in [2.05, 4.69) is 20.8 Å². The first-order chi connectivity index (χ1) is 13.0. The average molecular weight is 369 g/mol. The number of benzene rings is 2. The molecule has 1 atom stereocenters. The first kappa shape index (κ1) is 17.9. The van der Waals surface area contributed by atoms with Crippen LogP contribution >= 0.6 is 0 Å². The number of nitro groups is 2. The van der Waals surface area contributed by atoms with Gasteiger partial charge in [0.1, 0.15) is 11.2 Å². The fourth-order valence-electron chi connectivity index (χ4n) is 2.51. The zero-order valence-electron chi connectivity index (χ0n) is 14.2. The van der Waals surface area contributed by atoms with Gasteiger partial charge in [0.25, 0.3) is 5.69 Å². The molecule has 0 saturated carbocycles. The van der Waals surface area contributed by atoms with E-state index in [0.29, 0.717) is 6.42 Å². The summed E-state index contributed by atoms with van der Waals surface area (Å²) in [6.07, 6.45) is 2.06. The predicted molar refractivity (Wildman–Crippen MR) is 98.7 cm³/mol. The SMILES string of the molecule is CC(CC=NNc1ccc([N+](=O)[O-])cc1[N+](=O)[O-])n1nnc2ccccc21. The number of nitro benzene ring substituents is 2. The van der Waals surface area contributed by atoms with Crippen LogP contribution in [0.5, 0.6) is 0 Å². The Labute approximate surface area is 152 Å². The molecule has 0 bridgehead atoms. The van der Waals surface area contributed by atoms with Crippen molar-refractivity contribution in [1.82, 2.24) is 15.0 Å². The zero-order valence-corrected chi connectivity index (χ0v) is 14.2. The molecule has 0 fully saturated rings. The van der Waals surface area contributed by atoms with Gasteiger partial charge in [0.2, 0.25) is 0 Å². The summed E-state index contributed by atoms with van der Waals surface area (Å²) in [5.74, 6) is 0. The number of aromatic nitrogens is 3. The normalized spacial score (nSPS) is 12.3. The second kappa shape index (κ2) is 7.56. The summed E-state index contributed by atoms with van der Waals surface area (Å²) in [6, 6.07) is 10.9. The number of non-ortho nitro benzene ring substituents is 1. The maximum Gasteiger partial charge on any atom is 0.301 e. The molecule has 1 N–H and O–H groups in total. The van der Waals surface area contributed by atoms with Gasteiger partial charge in [-0.25, -0.2) is 4.68 Å². The lowest BCUT2D eigenvalue weighted by Crippen LogP contribution is -2.08. The summed E-state index contributed by atoms with van der Waals surface area (Å²) in [7, 11) is 0. The first-order valence-electron chi connectivity index (χ1n) is 7.97. The molecule has 11 nitrogen and oxygen atoms in total. The van der Waals surface area contributed by atoms with Gasteiger partial charge in [-0.15, -0.1) is 5.10 Å². The first-order valence-corrected chi connectivity index (χ1v) is 7.97. The van der Waals surface area contributed by atoms with E-state index in [1.165, 1.54) is 12.1 Å². The number of anilines is 1. The van der Waals surface area contributed by atoms with Gasteiger partial charge >= 0.3 is 5.69 Å². The van der Waals surface area contributed by atoms with Crippen molar-refractivity contribution in [2.45, 2.75) is 19.4 Å². The molecule has 3 rings (SSSR count). The summed E-state index contributed by atoms with van der Waals surface area (Å²) < 4.78 is 1.77. The molecule has 0 amide bonds. The van der Waals surface area contributed by atoms with Crippen LogP contribution in [0.2, 0.25) is 0 Å². The summed E-state index contributed by atoms with van der Waals surface area (Å²) >= 11 is 0. The van der Waals surface area contributed by atoms with Crippen LogP contribution in [0, 0.1) is 20.2 Å². The number of para-hydroxylation sites is 1. The van der Waals surface area contributed by atoms with Crippen LogP contribution in [0.15, 0.2) is 47.6 Å². The van der Waals surface area contributed by atoms with Gasteiger partial charge in [0, 0.05) is 18.7 Å². The molecule has 0 aliphatic carbocycles. The van der Waals surface area contributed by atoms with Gasteiger partial charge in [-0.05, 0) is 25.1 Å². The Bertz CT molecular complexity index is 1030. The second-order valence-electron chi connectivity index (χ2n) is 5.75. The third-order valence-corrected chi connectivity index (χ3v) is 3.91. The Balaban J connectivity index is 1.69. The van der Waals surface area contributed by atoms with Crippen molar-refractivity contribution in [3.8, 4) is 0 Å². The average Bonchev–Trinajstić information content (AvgIpc) is 3.09. The monoisotopic (exact) mass is 369 g/mol. The number of fused-ring (bicyclic) bond motifs is 1. The fraction of sp³-hybridized carbons (Fsp3) is 0.188. The molecule has 27 heavy (non-hydrogen) atoms. The molecule has 1 heterocycles. The molecule has 0 aliphatic rings. The van der Waals surface area contributed by atoms with E-state index in [9.17, 15) is 20.2 Å². The number of nitrogens with zero attached hydrogens (tertiary/aromatic N) is 6. The highest BCUT2D eigenvalue weighted by Gasteiger charge is 2.19. The largest absolute Gasteiger partial charge is 0.301 e. The Morgan fingerprint density at radius 2 is 2.00 bits per heavy atom. The molecule has 2 aromatic carbocycles. The number of nitrogens with one attached hydrogen (secondary N) is 1. The highest BCUT2D eigenvalue weighted by Crippen LogP contribution is 2.28. The third-order valence-electron chi connectivity index (χ3n) is 3.91. The minimum atomic E-state index is -0.699. The van der Waals surface area contributed by atoms with Gasteiger partial charge in [-0.2, -0.15) is 5.10 Å². The Kier molecular flexibility index (Phi) is 5.01. The molecular formula is C16H15N7O4. The summed E-state index contributed by atoms with van der Waals surface area (Å²) in [5, 5.41) is 34.0. The quantitative estimate of drug-likeness (QED) is 0.382. The molecule has 11 heteroatoms. The fourth-order valence-corrected chi connectivity index (χ4v) is 2.51. The molecule has 138 valence electrons. The van der Waals surface area contributed by atoms with E-state index in [0.717, 1.165) is 17.1 Å². The number of hydrogen-bond acceptors (Lipinski definition) is 8. The third kappa shape index (κ3) is 3.86. The molecule has 0 aliphatic heterocycles. The van der Waals surface area contributed by atoms with Crippen LogP contribution in [-0.2, 0) is 0 Å². The maximum atomic E-state index is 11.1. The molecule has 0 saturated heterocycles. The molecular weight excluding hydrogens is 354 g/mol. The zero-order chi connectivity index (χ0) is 19.4. The van der Waals surface area contributed by atoms with E-state index in [1.807, 2.05) is 31.2 Å². The van der Waals surface area contributed by atoms with Gasteiger partial charge in [0.05, 0.1) is 27.5 Å². The number of hydrogen-bond donors (Lipinski definition) is 1. The van der Waals surface area contributed by atoms with Gasteiger partial charge < -0.3 is 0 Å². The highest BCUT2D eigenvalue weighted by atomic mass is 16.6. The van der Waals surface area contributed by atoms with Crippen LogP contribution in [0.1, 0.15) is 19.4 Å². The molecule has 0 radical (unpaired) electrons. The molecule has 1 aromatic heterocycles. The van der Waals surface area contributed by atoms with Crippen molar-refractivity contribution in [3.63, 3.8) is 0 Å². The lowest BCUT2D eigenvalue weighted by atomic mass is 10.2. The molecule has 0 spiro atoms. The van der Waals surface area contributed by atoms with E-state index in [4.69, 9.17) is 0 Å². The van der Waals surface area contributed by atoms with E-state index >= 15 is 0 Å². The maximum absolute atomic E-state index is 11.1. The standard InChI is InChI=1S/C16H15N7O4/c1-11(21-15-5-3-2-4-13(15)19-20-21)8-9-17-18-14-7-6-12(22(24)25)10-16(14)23(26)27/h2-7,9-11,18H,8H2,1H3. The van der Waals surface area contributed by atoms with Crippen molar-refractivity contribution >= 4 is 34.3 Å². The second-order valence-corrected chi connectivity index (χ2v) is 5.75. The minimum Gasteiger partial charge on any atom is -0.272 e. The number of hydrazone groups is 1. The Morgan fingerprint density at radius 3 is 2.74 bits per heavy atom. The van der Waals surface area contributed by atoms with E-state index in [-0.39, 0.29) is 17.4 Å². The summed E-state index contributed by atoms with van der Waals surface area (Å²) in [6.45, 7) is 1.95. The lowest BCUT2D eigenvalue weighted by Gasteiger charge is -2.09. The van der Waals surface area contributed by atoms with Crippen molar-refractivity contribution in [2.24, 2.45) is 5.10 Å². The Morgan fingerprint density at radius 1 is 1.22 bits per heavy atom. The predicted octanol–water partition coefficient (Wildman–Crippen LogP) is 3.30. The topological polar surface area (TPSA) is 141 Å². The number of rotatable bonds is 7. The van der Waals surface area contributed by atoms with Crippen LogP contribution in [-0.4, -0.2) is 31.1 Å². The van der Waals surface area contributed by atoms with Crippen LogP contribution < -0.4 is 5.43 Å².